The minimum Gasteiger partial charge on any atom is -0.342 e. The van der Waals surface area contributed by atoms with Gasteiger partial charge in [-0.15, -0.1) is 0 Å². The number of nitrogens with one attached hydrogen (secondary N) is 1. The molecule has 0 saturated carbocycles. The highest BCUT2D eigenvalue weighted by molar-refractivity contribution is 5.79. The van der Waals surface area contributed by atoms with Crippen molar-refractivity contribution in [2.75, 3.05) is 26.7 Å². The Labute approximate surface area is 109 Å². The van der Waals surface area contributed by atoms with Crippen LogP contribution in [-0.2, 0) is 11.2 Å². The van der Waals surface area contributed by atoms with E-state index in [1.165, 1.54) is 5.56 Å². The second-order valence-electron chi connectivity index (χ2n) is 5.16. The van der Waals surface area contributed by atoms with E-state index in [1.54, 1.807) is 0 Å². The molecule has 1 atom stereocenters. The molecule has 0 spiro atoms. The molecular weight excluding hydrogens is 224 g/mol. The zero-order chi connectivity index (χ0) is 13.0. The van der Waals surface area contributed by atoms with Crippen LogP contribution in [-0.4, -0.2) is 37.5 Å². The molecule has 3 heteroatoms. The maximum Gasteiger partial charge on any atom is 0.227 e. The second kappa shape index (κ2) is 6.01. The number of nitrogens with zero attached hydrogens (tertiary/aromatic N) is 1. The van der Waals surface area contributed by atoms with Crippen LogP contribution >= 0.6 is 0 Å². The van der Waals surface area contributed by atoms with Gasteiger partial charge in [0.05, 0.1) is 6.42 Å². The lowest BCUT2D eigenvalue weighted by Crippen LogP contribution is -2.31. The van der Waals surface area contributed by atoms with E-state index in [-0.39, 0.29) is 5.91 Å². The monoisotopic (exact) mass is 246 g/mol. The quantitative estimate of drug-likeness (QED) is 0.875. The lowest BCUT2D eigenvalue weighted by Gasteiger charge is -2.17. The lowest BCUT2D eigenvalue weighted by atomic mass is 10.1. The maximum absolute atomic E-state index is 12.2. The fourth-order valence-electron chi connectivity index (χ4n) is 2.60. The van der Waals surface area contributed by atoms with Gasteiger partial charge in [-0.3, -0.25) is 4.79 Å². The third-order valence-corrected chi connectivity index (χ3v) is 3.73. The van der Waals surface area contributed by atoms with Crippen LogP contribution in [0.4, 0.5) is 0 Å². The number of likely N-dealkylation sites (tertiary alicyclic amines) is 1. The summed E-state index contributed by atoms with van der Waals surface area (Å²) >= 11 is 0. The molecule has 1 aromatic carbocycles. The second-order valence-corrected chi connectivity index (χ2v) is 5.16. The van der Waals surface area contributed by atoms with Crippen molar-refractivity contribution < 1.29 is 4.79 Å². The summed E-state index contributed by atoms with van der Waals surface area (Å²) in [7, 11) is 1.97. The zero-order valence-corrected chi connectivity index (χ0v) is 11.3. The molecule has 1 aromatic rings. The molecule has 98 valence electrons. The van der Waals surface area contributed by atoms with Gasteiger partial charge in [0.1, 0.15) is 0 Å². The number of hydrogen-bond acceptors (Lipinski definition) is 2. The van der Waals surface area contributed by atoms with E-state index in [1.807, 2.05) is 30.1 Å². The summed E-state index contributed by atoms with van der Waals surface area (Å²) in [5.74, 6) is 0.888. The Morgan fingerprint density at radius 2 is 2.22 bits per heavy atom. The van der Waals surface area contributed by atoms with E-state index < -0.39 is 0 Å². The topological polar surface area (TPSA) is 32.3 Å². The number of carbonyl (C=O) groups excluding carboxylic acids is 1. The van der Waals surface area contributed by atoms with Crippen molar-refractivity contribution >= 4 is 5.91 Å². The van der Waals surface area contributed by atoms with E-state index in [2.05, 4.69) is 18.3 Å². The summed E-state index contributed by atoms with van der Waals surface area (Å²) in [6, 6.07) is 8.14. The van der Waals surface area contributed by atoms with Crippen LogP contribution in [0.25, 0.3) is 0 Å². The first kappa shape index (κ1) is 13.1. The fraction of sp³-hybridized carbons (Fsp3) is 0.533. The van der Waals surface area contributed by atoms with Crippen LogP contribution in [0.2, 0.25) is 0 Å². The highest BCUT2D eigenvalue weighted by Crippen LogP contribution is 2.17. The van der Waals surface area contributed by atoms with Crippen molar-refractivity contribution in [2.24, 2.45) is 5.92 Å². The van der Waals surface area contributed by atoms with Gasteiger partial charge in [-0.25, -0.2) is 0 Å². The average Bonchev–Trinajstić information content (AvgIpc) is 2.81. The summed E-state index contributed by atoms with van der Waals surface area (Å²) < 4.78 is 0. The number of rotatable bonds is 4. The van der Waals surface area contributed by atoms with Gasteiger partial charge in [0.25, 0.3) is 0 Å². The maximum atomic E-state index is 12.2. The molecule has 1 amide bonds. The molecule has 0 aliphatic carbocycles. The molecule has 0 aromatic heterocycles. The lowest BCUT2D eigenvalue weighted by molar-refractivity contribution is -0.129. The molecule has 0 radical (unpaired) electrons. The largest absolute Gasteiger partial charge is 0.342 e. The SMILES string of the molecule is CNC[C@H]1CCN(C(=O)Cc2ccccc2C)C1. The zero-order valence-electron chi connectivity index (χ0n) is 11.3. The van der Waals surface area contributed by atoms with Gasteiger partial charge < -0.3 is 10.2 Å². The normalized spacial score (nSPS) is 19.2. The third kappa shape index (κ3) is 3.10. The number of carbonyl (C=O) groups is 1. The molecule has 0 bridgehead atoms. The first-order valence-electron chi connectivity index (χ1n) is 6.67. The smallest absolute Gasteiger partial charge is 0.227 e. The van der Waals surface area contributed by atoms with Gasteiger partial charge >= 0.3 is 0 Å². The first-order chi connectivity index (χ1) is 8.70. The van der Waals surface area contributed by atoms with E-state index in [4.69, 9.17) is 0 Å². The molecule has 1 aliphatic rings. The summed E-state index contributed by atoms with van der Waals surface area (Å²) in [6.45, 7) is 4.90. The van der Waals surface area contributed by atoms with E-state index in [0.717, 1.165) is 31.6 Å². The summed E-state index contributed by atoms with van der Waals surface area (Å²) in [4.78, 5) is 14.2. The van der Waals surface area contributed by atoms with Crippen LogP contribution in [0.15, 0.2) is 24.3 Å². The van der Waals surface area contributed by atoms with Crippen LogP contribution < -0.4 is 5.32 Å². The Morgan fingerprint density at radius 1 is 1.44 bits per heavy atom. The third-order valence-electron chi connectivity index (χ3n) is 3.73. The van der Waals surface area contributed by atoms with Crippen molar-refractivity contribution in [2.45, 2.75) is 19.8 Å². The molecule has 3 nitrogen and oxygen atoms in total. The Hall–Kier alpha value is -1.35. The van der Waals surface area contributed by atoms with E-state index in [9.17, 15) is 4.79 Å². The molecule has 1 N–H and O–H groups in total. The first-order valence-corrected chi connectivity index (χ1v) is 6.67. The van der Waals surface area contributed by atoms with Crippen molar-refractivity contribution in [1.82, 2.24) is 10.2 Å². The molecule has 2 rings (SSSR count). The standard InChI is InChI=1S/C15H22N2O/c1-12-5-3-4-6-14(12)9-15(18)17-8-7-13(11-17)10-16-2/h3-6,13,16H,7-11H2,1-2H3/t13-/m1/s1. The van der Waals surface area contributed by atoms with Crippen LogP contribution in [0.5, 0.6) is 0 Å². The van der Waals surface area contributed by atoms with E-state index >= 15 is 0 Å². The van der Waals surface area contributed by atoms with Gasteiger partial charge in [-0.2, -0.15) is 0 Å². The van der Waals surface area contributed by atoms with Gasteiger partial charge in [0.15, 0.2) is 0 Å². The van der Waals surface area contributed by atoms with E-state index in [0.29, 0.717) is 12.3 Å². The summed E-state index contributed by atoms with van der Waals surface area (Å²) in [6.07, 6.45) is 1.67. The highest BCUT2D eigenvalue weighted by atomic mass is 16.2. The van der Waals surface area contributed by atoms with Crippen molar-refractivity contribution in [1.29, 1.82) is 0 Å². The predicted octanol–water partition coefficient (Wildman–Crippen LogP) is 1.61. The van der Waals surface area contributed by atoms with Crippen molar-refractivity contribution in [3.63, 3.8) is 0 Å². The molecule has 1 saturated heterocycles. The molecule has 1 heterocycles. The Kier molecular flexibility index (Phi) is 4.37. The number of hydrogen-bond donors (Lipinski definition) is 1. The molecule has 18 heavy (non-hydrogen) atoms. The fourth-order valence-corrected chi connectivity index (χ4v) is 2.60. The summed E-state index contributed by atoms with van der Waals surface area (Å²) in [5.41, 5.74) is 2.36. The summed E-state index contributed by atoms with van der Waals surface area (Å²) in [5, 5.41) is 3.19. The number of aryl methyl sites for hydroxylation is 1. The van der Waals surface area contributed by atoms with Crippen LogP contribution in [0.1, 0.15) is 17.5 Å². The Bertz CT molecular complexity index is 417. The average molecular weight is 246 g/mol. The predicted molar refractivity (Wildman–Crippen MR) is 73.5 cm³/mol. The van der Waals surface area contributed by atoms with Crippen molar-refractivity contribution in [3.05, 3.63) is 35.4 Å². The Balaban J connectivity index is 1.91. The number of amides is 1. The number of benzene rings is 1. The van der Waals surface area contributed by atoms with Crippen molar-refractivity contribution in [3.8, 4) is 0 Å². The van der Waals surface area contributed by atoms with Gasteiger partial charge in [0, 0.05) is 13.1 Å². The minimum atomic E-state index is 0.267. The molecular formula is C15H22N2O. The molecule has 1 aliphatic heterocycles. The minimum absolute atomic E-state index is 0.267. The Morgan fingerprint density at radius 3 is 2.94 bits per heavy atom. The van der Waals surface area contributed by atoms with Gasteiger partial charge in [0.2, 0.25) is 5.91 Å². The van der Waals surface area contributed by atoms with Crippen LogP contribution in [0, 0.1) is 12.8 Å². The highest BCUT2D eigenvalue weighted by Gasteiger charge is 2.25. The van der Waals surface area contributed by atoms with Gasteiger partial charge in [-0.1, -0.05) is 24.3 Å². The van der Waals surface area contributed by atoms with Gasteiger partial charge in [-0.05, 0) is 44.0 Å². The molecule has 0 unspecified atom stereocenters. The van der Waals surface area contributed by atoms with Crippen LogP contribution in [0.3, 0.4) is 0 Å². The molecule has 1 fully saturated rings.